The van der Waals surface area contributed by atoms with E-state index in [-0.39, 0.29) is 18.2 Å². The van der Waals surface area contributed by atoms with E-state index in [2.05, 4.69) is 16.7 Å². The van der Waals surface area contributed by atoms with Crippen LogP contribution in [0.5, 0.6) is 5.75 Å². The van der Waals surface area contributed by atoms with Crippen molar-refractivity contribution in [3.05, 3.63) is 29.3 Å². The lowest BCUT2D eigenvalue weighted by Crippen LogP contribution is -2.41. The number of benzene rings is 1. The molecule has 1 saturated heterocycles. The van der Waals surface area contributed by atoms with Crippen molar-refractivity contribution in [2.75, 3.05) is 13.7 Å². The SMILES string of the molecule is COc1cccc([C@H]2NCC[C@H]2NC(=O)OC(C)(C)C)c1C. The number of carbonyl (C=O) groups excluding carboxylic acids is 1. The van der Waals surface area contributed by atoms with E-state index in [4.69, 9.17) is 9.47 Å². The molecule has 0 bridgehead atoms. The predicted octanol–water partition coefficient (Wildman–Crippen LogP) is 2.93. The van der Waals surface area contributed by atoms with Crippen molar-refractivity contribution in [2.24, 2.45) is 0 Å². The summed E-state index contributed by atoms with van der Waals surface area (Å²) in [5.74, 6) is 0.863. The first-order valence-corrected chi connectivity index (χ1v) is 7.68. The van der Waals surface area contributed by atoms with Crippen molar-refractivity contribution in [1.82, 2.24) is 10.6 Å². The van der Waals surface area contributed by atoms with Gasteiger partial charge in [-0.05, 0) is 57.9 Å². The van der Waals surface area contributed by atoms with E-state index < -0.39 is 5.60 Å². The number of nitrogens with one attached hydrogen (secondary N) is 2. The van der Waals surface area contributed by atoms with Crippen molar-refractivity contribution in [3.63, 3.8) is 0 Å². The Morgan fingerprint density at radius 2 is 2.09 bits per heavy atom. The second kappa shape index (κ2) is 6.57. The van der Waals surface area contributed by atoms with Gasteiger partial charge in [0.25, 0.3) is 0 Å². The molecule has 1 amide bonds. The van der Waals surface area contributed by atoms with Gasteiger partial charge in [0.05, 0.1) is 19.2 Å². The van der Waals surface area contributed by atoms with Crippen molar-refractivity contribution >= 4 is 6.09 Å². The van der Waals surface area contributed by atoms with Gasteiger partial charge in [-0.25, -0.2) is 4.79 Å². The number of amides is 1. The van der Waals surface area contributed by atoms with Gasteiger partial charge in [0, 0.05) is 0 Å². The minimum atomic E-state index is -0.489. The highest BCUT2D eigenvalue weighted by Gasteiger charge is 2.32. The van der Waals surface area contributed by atoms with Gasteiger partial charge in [0.1, 0.15) is 11.4 Å². The Bertz CT molecular complexity index is 537. The molecule has 0 unspecified atom stereocenters. The van der Waals surface area contributed by atoms with E-state index in [1.54, 1.807) is 7.11 Å². The highest BCUT2D eigenvalue weighted by atomic mass is 16.6. The third-order valence-corrected chi connectivity index (χ3v) is 3.81. The van der Waals surface area contributed by atoms with Gasteiger partial charge < -0.3 is 20.1 Å². The summed E-state index contributed by atoms with van der Waals surface area (Å²) in [5.41, 5.74) is 1.76. The Balaban J connectivity index is 2.13. The van der Waals surface area contributed by atoms with Gasteiger partial charge in [0.15, 0.2) is 0 Å². The standard InChI is InChI=1S/C17H26N2O3/c1-11-12(7-6-8-14(11)21-5)15-13(9-10-18-15)19-16(20)22-17(2,3)4/h6-8,13,15,18H,9-10H2,1-5H3,(H,19,20)/t13-,15-/m1/s1. The number of hydrogen-bond donors (Lipinski definition) is 2. The first-order valence-electron chi connectivity index (χ1n) is 7.68. The maximum atomic E-state index is 12.0. The van der Waals surface area contributed by atoms with Gasteiger partial charge in [-0.3, -0.25) is 0 Å². The third-order valence-electron chi connectivity index (χ3n) is 3.81. The first kappa shape index (κ1) is 16.6. The lowest BCUT2D eigenvalue weighted by atomic mass is 9.96. The Labute approximate surface area is 132 Å². The van der Waals surface area contributed by atoms with Crippen LogP contribution in [0.15, 0.2) is 18.2 Å². The summed E-state index contributed by atoms with van der Waals surface area (Å²) in [7, 11) is 1.67. The summed E-state index contributed by atoms with van der Waals surface area (Å²) in [6.07, 6.45) is 0.507. The number of methoxy groups -OCH3 is 1. The Hall–Kier alpha value is -1.75. The lowest BCUT2D eigenvalue weighted by Gasteiger charge is -2.26. The van der Waals surface area contributed by atoms with Crippen LogP contribution in [-0.4, -0.2) is 31.4 Å². The molecule has 0 aliphatic carbocycles. The molecular weight excluding hydrogens is 280 g/mol. The minimum Gasteiger partial charge on any atom is -0.496 e. The van der Waals surface area contributed by atoms with Gasteiger partial charge in [-0.15, -0.1) is 0 Å². The number of alkyl carbamates (subject to hydrolysis) is 1. The second-order valence-electron chi connectivity index (χ2n) is 6.65. The molecule has 2 rings (SSSR count). The number of hydrogen-bond acceptors (Lipinski definition) is 4. The molecule has 22 heavy (non-hydrogen) atoms. The van der Waals surface area contributed by atoms with Crippen LogP contribution >= 0.6 is 0 Å². The smallest absolute Gasteiger partial charge is 0.407 e. The summed E-state index contributed by atoms with van der Waals surface area (Å²) in [5, 5.41) is 6.44. The van der Waals surface area contributed by atoms with Crippen LogP contribution in [0.3, 0.4) is 0 Å². The molecular formula is C17H26N2O3. The fraction of sp³-hybridized carbons (Fsp3) is 0.588. The summed E-state index contributed by atoms with van der Waals surface area (Å²) in [6.45, 7) is 8.50. The quantitative estimate of drug-likeness (QED) is 0.901. The molecule has 0 radical (unpaired) electrons. The summed E-state index contributed by atoms with van der Waals surface area (Å²) in [6, 6.07) is 6.09. The molecule has 0 spiro atoms. The van der Waals surface area contributed by atoms with E-state index in [0.717, 1.165) is 29.8 Å². The number of carbonyl (C=O) groups is 1. The van der Waals surface area contributed by atoms with E-state index >= 15 is 0 Å². The zero-order valence-electron chi connectivity index (χ0n) is 14.0. The van der Waals surface area contributed by atoms with Gasteiger partial charge in [-0.2, -0.15) is 0 Å². The maximum Gasteiger partial charge on any atom is 0.407 e. The Kier molecular flexibility index (Phi) is 4.96. The van der Waals surface area contributed by atoms with E-state index in [9.17, 15) is 4.79 Å². The monoisotopic (exact) mass is 306 g/mol. The fourth-order valence-electron chi connectivity index (χ4n) is 2.83. The topological polar surface area (TPSA) is 59.6 Å². The zero-order chi connectivity index (χ0) is 16.3. The van der Waals surface area contributed by atoms with Crippen molar-refractivity contribution < 1.29 is 14.3 Å². The molecule has 5 heteroatoms. The number of ether oxygens (including phenoxy) is 2. The van der Waals surface area contributed by atoms with Gasteiger partial charge >= 0.3 is 6.09 Å². The van der Waals surface area contributed by atoms with Gasteiger partial charge in [0.2, 0.25) is 0 Å². The predicted molar refractivity (Wildman–Crippen MR) is 86.2 cm³/mol. The third kappa shape index (κ3) is 3.91. The van der Waals surface area contributed by atoms with Crippen LogP contribution in [0.2, 0.25) is 0 Å². The summed E-state index contributed by atoms with van der Waals surface area (Å²) < 4.78 is 10.7. The summed E-state index contributed by atoms with van der Waals surface area (Å²) >= 11 is 0. The normalized spacial score (nSPS) is 21.5. The molecule has 5 nitrogen and oxygen atoms in total. The average molecular weight is 306 g/mol. The van der Waals surface area contributed by atoms with Crippen LogP contribution in [0.25, 0.3) is 0 Å². The minimum absolute atomic E-state index is 0.0145. The molecule has 0 saturated carbocycles. The van der Waals surface area contributed by atoms with Crippen molar-refractivity contribution in [1.29, 1.82) is 0 Å². The average Bonchev–Trinajstić information content (AvgIpc) is 2.84. The molecule has 1 fully saturated rings. The molecule has 1 aromatic carbocycles. The molecule has 0 aromatic heterocycles. The molecule has 1 heterocycles. The van der Waals surface area contributed by atoms with Crippen LogP contribution in [-0.2, 0) is 4.74 Å². The highest BCUT2D eigenvalue weighted by molar-refractivity contribution is 5.68. The van der Waals surface area contributed by atoms with E-state index in [0.29, 0.717) is 0 Å². The Morgan fingerprint density at radius 1 is 1.36 bits per heavy atom. The van der Waals surface area contributed by atoms with Crippen LogP contribution in [0.1, 0.15) is 44.4 Å². The number of rotatable bonds is 3. The van der Waals surface area contributed by atoms with Gasteiger partial charge in [-0.1, -0.05) is 12.1 Å². The van der Waals surface area contributed by atoms with E-state index in [1.165, 1.54) is 0 Å². The first-order chi connectivity index (χ1) is 10.3. The van der Waals surface area contributed by atoms with Crippen LogP contribution in [0.4, 0.5) is 4.79 Å². The molecule has 2 N–H and O–H groups in total. The second-order valence-corrected chi connectivity index (χ2v) is 6.65. The molecule has 122 valence electrons. The van der Waals surface area contributed by atoms with Crippen molar-refractivity contribution in [2.45, 2.75) is 51.8 Å². The molecule has 2 atom stereocenters. The van der Waals surface area contributed by atoms with Crippen LogP contribution < -0.4 is 15.4 Å². The largest absolute Gasteiger partial charge is 0.496 e. The zero-order valence-corrected chi connectivity index (χ0v) is 14.0. The molecule has 1 aromatic rings. The van der Waals surface area contributed by atoms with E-state index in [1.807, 2.05) is 39.8 Å². The lowest BCUT2D eigenvalue weighted by molar-refractivity contribution is 0.0500. The molecule has 1 aliphatic heterocycles. The summed E-state index contributed by atoms with van der Waals surface area (Å²) in [4.78, 5) is 12.0. The molecule has 1 aliphatic rings. The van der Waals surface area contributed by atoms with Crippen molar-refractivity contribution in [3.8, 4) is 5.75 Å². The fourth-order valence-corrected chi connectivity index (χ4v) is 2.83. The maximum absolute atomic E-state index is 12.0. The van der Waals surface area contributed by atoms with Crippen LogP contribution in [0, 0.1) is 6.92 Å². The highest BCUT2D eigenvalue weighted by Crippen LogP contribution is 2.31. The Morgan fingerprint density at radius 3 is 2.73 bits per heavy atom.